The van der Waals surface area contributed by atoms with Crippen molar-refractivity contribution in [3.05, 3.63) is 59.7 Å². The molecule has 0 aliphatic heterocycles. The van der Waals surface area contributed by atoms with Crippen molar-refractivity contribution in [2.45, 2.75) is 50.1 Å². The Balaban J connectivity index is 2.50. The summed E-state index contributed by atoms with van der Waals surface area (Å²) in [7, 11) is -3.13. The number of hydrazone groups is 1. The third-order valence-corrected chi connectivity index (χ3v) is 6.83. The van der Waals surface area contributed by atoms with Gasteiger partial charge in [-0.25, -0.2) is 0 Å². The van der Waals surface area contributed by atoms with E-state index in [9.17, 15) is 18.0 Å². The first-order valence-corrected chi connectivity index (χ1v) is 12.4. The maximum atomic E-state index is 13.7. The van der Waals surface area contributed by atoms with Crippen molar-refractivity contribution in [1.29, 1.82) is 0 Å². The minimum Gasteiger partial charge on any atom is -0.495 e. The lowest BCUT2D eigenvalue weighted by Gasteiger charge is -2.29. The van der Waals surface area contributed by atoms with Gasteiger partial charge in [0.1, 0.15) is 22.7 Å². The molecule has 2 atom stereocenters. The topological polar surface area (TPSA) is 183 Å². The summed E-state index contributed by atoms with van der Waals surface area (Å²) in [6.45, 7) is 3.48. The number of carbonyl (C=O) groups excluding carboxylic acids is 2. The molecule has 0 aliphatic rings. The van der Waals surface area contributed by atoms with Crippen molar-refractivity contribution in [1.82, 2.24) is 9.73 Å². The van der Waals surface area contributed by atoms with E-state index in [2.05, 4.69) is 10.4 Å². The fraction of sp³-hybridized carbons (Fsp3) is 0.348. The molecule has 2 rings (SSSR count). The second kappa shape index (κ2) is 12.1. The minimum absolute atomic E-state index is 0.0566. The molecule has 190 valence electrons. The Morgan fingerprint density at radius 3 is 2.31 bits per heavy atom. The first-order valence-electron chi connectivity index (χ1n) is 10.9. The molecular formula is C23H32N6O5S. The van der Waals surface area contributed by atoms with Crippen LogP contribution < -0.4 is 27.3 Å². The summed E-state index contributed by atoms with van der Waals surface area (Å²) in [6, 6.07) is 11.1. The first kappa shape index (κ1) is 27.4. The van der Waals surface area contributed by atoms with Crippen LogP contribution in [0.2, 0.25) is 0 Å². The second-order valence-electron chi connectivity index (χ2n) is 7.91. The van der Waals surface area contributed by atoms with Crippen molar-refractivity contribution >= 4 is 27.8 Å². The predicted octanol–water partition coefficient (Wildman–Crippen LogP) is 0.564. The van der Waals surface area contributed by atoms with Gasteiger partial charge in [0, 0.05) is 6.42 Å². The van der Waals surface area contributed by atoms with Crippen LogP contribution in [0.15, 0.2) is 58.5 Å². The Morgan fingerprint density at radius 1 is 1.11 bits per heavy atom. The third kappa shape index (κ3) is 7.09. The molecule has 11 nitrogen and oxygen atoms in total. The number of methoxy groups -OCH3 is 1. The van der Waals surface area contributed by atoms with Crippen molar-refractivity contribution in [3.8, 4) is 5.75 Å². The number of aryl methyl sites for hydroxylation is 1. The summed E-state index contributed by atoms with van der Waals surface area (Å²) in [6.07, 6.45) is 0.600. The van der Waals surface area contributed by atoms with Crippen molar-refractivity contribution in [2.24, 2.45) is 22.3 Å². The fourth-order valence-electron chi connectivity index (χ4n) is 3.45. The normalized spacial score (nSPS) is 12.8. The molecule has 12 heteroatoms. The molecule has 2 amide bonds. The van der Waals surface area contributed by atoms with E-state index in [0.29, 0.717) is 16.4 Å². The number of hydrogen-bond acceptors (Lipinski definition) is 6. The van der Waals surface area contributed by atoms with E-state index in [-0.39, 0.29) is 23.5 Å². The summed E-state index contributed by atoms with van der Waals surface area (Å²) in [5, 5.41) is 6.36. The SMILES string of the molecule is CCC[C@@H](C(=O)N[C@@H](Cc1ccccc1)C(N)=O)N(N=C(N)N)S(=O)(=O)c1cc(C)ccc1OC. The lowest BCUT2D eigenvalue weighted by atomic mass is 10.0. The van der Waals surface area contributed by atoms with Gasteiger partial charge in [0.2, 0.25) is 17.8 Å². The Bertz CT molecular complexity index is 1170. The molecule has 0 saturated carbocycles. The number of ether oxygens (including phenoxy) is 1. The van der Waals surface area contributed by atoms with Crippen LogP contribution in [0.4, 0.5) is 0 Å². The van der Waals surface area contributed by atoms with E-state index in [0.717, 1.165) is 5.56 Å². The van der Waals surface area contributed by atoms with Gasteiger partial charge in [-0.3, -0.25) is 9.59 Å². The first-order chi connectivity index (χ1) is 16.5. The highest BCUT2D eigenvalue weighted by Gasteiger charge is 2.38. The molecular weight excluding hydrogens is 472 g/mol. The van der Waals surface area contributed by atoms with Crippen LogP contribution in [0.1, 0.15) is 30.9 Å². The fourth-order valence-corrected chi connectivity index (χ4v) is 5.13. The zero-order valence-corrected chi connectivity index (χ0v) is 20.8. The maximum absolute atomic E-state index is 13.7. The quantitative estimate of drug-likeness (QED) is 0.185. The van der Waals surface area contributed by atoms with Crippen LogP contribution in [0.25, 0.3) is 0 Å². The minimum atomic E-state index is -4.46. The third-order valence-electron chi connectivity index (χ3n) is 5.13. The number of nitrogens with two attached hydrogens (primary N) is 3. The number of nitrogens with one attached hydrogen (secondary N) is 1. The van der Waals surface area contributed by atoms with Crippen LogP contribution in [-0.2, 0) is 26.0 Å². The zero-order chi connectivity index (χ0) is 26.2. The summed E-state index contributed by atoms with van der Waals surface area (Å²) in [5.74, 6) is -2.05. The van der Waals surface area contributed by atoms with Crippen molar-refractivity contribution in [3.63, 3.8) is 0 Å². The molecule has 0 aromatic heterocycles. The number of primary amides is 1. The molecule has 0 spiro atoms. The summed E-state index contributed by atoms with van der Waals surface area (Å²) in [5.41, 5.74) is 18.0. The second-order valence-corrected chi connectivity index (χ2v) is 9.68. The largest absolute Gasteiger partial charge is 0.495 e. The molecule has 0 saturated heterocycles. The van der Waals surface area contributed by atoms with Crippen LogP contribution in [0.3, 0.4) is 0 Å². The van der Waals surface area contributed by atoms with Gasteiger partial charge in [-0.1, -0.05) is 49.7 Å². The Labute approximate surface area is 205 Å². The number of hydrogen-bond donors (Lipinski definition) is 4. The molecule has 35 heavy (non-hydrogen) atoms. The number of carbonyl (C=O) groups is 2. The summed E-state index contributed by atoms with van der Waals surface area (Å²) < 4.78 is 33.2. The van der Waals surface area contributed by atoms with Crippen LogP contribution in [0.5, 0.6) is 5.75 Å². The number of sulfonamides is 1. The standard InChI is InChI=1S/C23H32N6O5S/c1-4-8-18(22(31)27-17(21(24)30)14-16-9-6-5-7-10-16)29(28-23(25)26)35(32,33)20-13-15(2)11-12-19(20)34-3/h5-7,9-13,17-18H,4,8,14H2,1-3H3,(H2,24,30)(H,27,31)(H4,25,26,28)/t17-,18-/m0/s1. The summed E-state index contributed by atoms with van der Waals surface area (Å²) >= 11 is 0. The lowest BCUT2D eigenvalue weighted by Crippen LogP contribution is -2.54. The van der Waals surface area contributed by atoms with Crippen molar-refractivity contribution < 1.29 is 22.7 Å². The molecule has 0 aliphatic carbocycles. The van der Waals surface area contributed by atoms with Gasteiger partial charge in [0.05, 0.1) is 7.11 Å². The van der Waals surface area contributed by atoms with E-state index in [1.807, 2.05) is 6.07 Å². The highest BCUT2D eigenvalue weighted by atomic mass is 32.2. The summed E-state index contributed by atoms with van der Waals surface area (Å²) in [4.78, 5) is 25.2. The smallest absolute Gasteiger partial charge is 0.283 e. The maximum Gasteiger partial charge on any atom is 0.283 e. The molecule has 7 N–H and O–H groups in total. The lowest BCUT2D eigenvalue weighted by molar-refractivity contribution is -0.130. The zero-order valence-electron chi connectivity index (χ0n) is 20.0. The Hall–Kier alpha value is -3.80. The van der Waals surface area contributed by atoms with Crippen LogP contribution in [0, 0.1) is 6.92 Å². The number of benzene rings is 2. The molecule has 0 bridgehead atoms. The number of amides is 2. The monoisotopic (exact) mass is 504 g/mol. The Kier molecular flexibility index (Phi) is 9.46. The molecule has 0 radical (unpaired) electrons. The van der Waals surface area contributed by atoms with Crippen molar-refractivity contribution in [2.75, 3.05) is 7.11 Å². The van der Waals surface area contributed by atoms with Gasteiger partial charge in [0.15, 0.2) is 0 Å². The average molecular weight is 505 g/mol. The Morgan fingerprint density at radius 2 is 1.77 bits per heavy atom. The highest BCUT2D eigenvalue weighted by molar-refractivity contribution is 7.89. The number of guanidine groups is 1. The van der Waals surface area contributed by atoms with E-state index >= 15 is 0 Å². The number of rotatable bonds is 12. The van der Waals surface area contributed by atoms with E-state index in [1.54, 1.807) is 44.2 Å². The highest BCUT2D eigenvalue weighted by Crippen LogP contribution is 2.30. The van der Waals surface area contributed by atoms with E-state index in [1.165, 1.54) is 19.2 Å². The van der Waals surface area contributed by atoms with Gasteiger partial charge >= 0.3 is 0 Å². The molecule has 2 aromatic carbocycles. The molecule has 0 heterocycles. The molecule has 2 aromatic rings. The molecule has 0 fully saturated rings. The van der Waals surface area contributed by atoms with E-state index < -0.39 is 39.9 Å². The van der Waals surface area contributed by atoms with Gasteiger partial charge in [-0.15, -0.1) is 5.10 Å². The van der Waals surface area contributed by atoms with Gasteiger partial charge in [-0.05, 0) is 36.6 Å². The van der Waals surface area contributed by atoms with Crippen LogP contribution >= 0.6 is 0 Å². The predicted molar refractivity (Wildman–Crippen MR) is 133 cm³/mol. The van der Waals surface area contributed by atoms with E-state index in [4.69, 9.17) is 21.9 Å². The van der Waals surface area contributed by atoms with Gasteiger partial charge in [-0.2, -0.15) is 12.8 Å². The average Bonchev–Trinajstić information content (AvgIpc) is 2.81. The van der Waals surface area contributed by atoms with Crippen LogP contribution in [-0.4, -0.2) is 49.8 Å². The number of nitrogens with zero attached hydrogens (tertiary/aromatic N) is 2. The van der Waals surface area contributed by atoms with Gasteiger partial charge < -0.3 is 27.3 Å². The molecule has 0 unspecified atom stereocenters. The van der Waals surface area contributed by atoms with Gasteiger partial charge in [0.25, 0.3) is 10.0 Å².